The highest BCUT2D eigenvalue weighted by molar-refractivity contribution is 6.33. The summed E-state index contributed by atoms with van der Waals surface area (Å²) in [6.45, 7) is 4.52. The zero-order valence-electron chi connectivity index (χ0n) is 5.85. The van der Waals surface area contributed by atoms with E-state index in [-0.39, 0.29) is 0 Å². The van der Waals surface area contributed by atoms with Crippen LogP contribution in [0.15, 0.2) is 0 Å². The van der Waals surface area contributed by atoms with Crippen molar-refractivity contribution in [2.45, 2.75) is 32.9 Å². The summed E-state index contributed by atoms with van der Waals surface area (Å²) >= 11 is 0. The van der Waals surface area contributed by atoms with Crippen molar-refractivity contribution in [3.8, 4) is 0 Å². The highest BCUT2D eigenvalue weighted by Gasteiger charge is 2.24. The zero-order chi connectivity index (χ0) is 5.98. The molecule has 0 spiro atoms. The molecular weight excluding hydrogens is 94.9 g/mol. The summed E-state index contributed by atoms with van der Waals surface area (Å²) in [4.78, 5) is 0. The molecule has 0 aromatic carbocycles. The van der Waals surface area contributed by atoms with E-state index in [1.54, 1.807) is 0 Å². The molecule has 0 N–H and O–H groups in total. The van der Waals surface area contributed by atoms with Crippen molar-refractivity contribution in [3.63, 3.8) is 0 Å². The summed E-state index contributed by atoms with van der Waals surface area (Å²) in [6.07, 6.45) is 4.30. The van der Waals surface area contributed by atoms with E-state index < -0.39 is 0 Å². The van der Waals surface area contributed by atoms with E-state index in [0.717, 1.165) is 11.8 Å². The van der Waals surface area contributed by atoms with Crippen LogP contribution >= 0.6 is 0 Å². The molecule has 45 valence electrons. The minimum absolute atomic E-state index is 1.02. The molecule has 1 aliphatic rings. The molecule has 2 atom stereocenters. The molecule has 1 radical (unpaired) electrons. The molecule has 1 fully saturated rings. The fraction of sp³-hybridized carbons (Fsp3) is 1.00. The standard InChI is InChI=1S/C7H14B/c1-6-3-4-7(6)5-8-2/h6-7H,3-5H2,1-2H3. The van der Waals surface area contributed by atoms with Crippen LogP contribution in [-0.2, 0) is 0 Å². The lowest BCUT2D eigenvalue weighted by atomic mass is 9.62. The second-order valence-corrected chi connectivity index (χ2v) is 2.96. The predicted molar refractivity (Wildman–Crippen MR) is 38.3 cm³/mol. The van der Waals surface area contributed by atoms with Gasteiger partial charge in [0.05, 0.1) is 0 Å². The lowest BCUT2D eigenvalue weighted by molar-refractivity contribution is 0.219. The molecule has 0 aromatic heterocycles. The third-order valence-electron chi connectivity index (χ3n) is 2.34. The lowest BCUT2D eigenvalue weighted by Gasteiger charge is -2.33. The number of rotatable bonds is 2. The van der Waals surface area contributed by atoms with Gasteiger partial charge in [0.25, 0.3) is 0 Å². The maximum Gasteiger partial charge on any atom is 0.106 e. The number of hydrogen-bond donors (Lipinski definition) is 0. The lowest BCUT2D eigenvalue weighted by Crippen LogP contribution is -2.23. The minimum atomic E-state index is 1.02. The van der Waals surface area contributed by atoms with Crippen molar-refractivity contribution in [1.82, 2.24) is 0 Å². The van der Waals surface area contributed by atoms with Crippen molar-refractivity contribution in [2.75, 3.05) is 0 Å². The van der Waals surface area contributed by atoms with Crippen LogP contribution in [0.2, 0.25) is 13.1 Å². The van der Waals surface area contributed by atoms with Gasteiger partial charge in [-0.1, -0.05) is 32.9 Å². The Morgan fingerprint density at radius 1 is 1.50 bits per heavy atom. The van der Waals surface area contributed by atoms with Crippen molar-refractivity contribution in [3.05, 3.63) is 0 Å². The minimum Gasteiger partial charge on any atom is -0.0920 e. The van der Waals surface area contributed by atoms with Crippen LogP contribution in [-0.4, -0.2) is 7.28 Å². The third-order valence-corrected chi connectivity index (χ3v) is 2.34. The average molecular weight is 109 g/mol. The molecule has 1 heteroatoms. The molecule has 0 bridgehead atoms. The first-order valence-corrected chi connectivity index (χ1v) is 3.62. The molecule has 1 saturated carbocycles. The highest BCUT2D eigenvalue weighted by Crippen LogP contribution is 2.35. The van der Waals surface area contributed by atoms with E-state index in [4.69, 9.17) is 0 Å². The van der Waals surface area contributed by atoms with Crippen LogP contribution in [0.4, 0.5) is 0 Å². The second kappa shape index (κ2) is 2.57. The largest absolute Gasteiger partial charge is 0.106 e. The Morgan fingerprint density at radius 3 is 2.38 bits per heavy atom. The fourth-order valence-corrected chi connectivity index (χ4v) is 1.39. The Hall–Kier alpha value is 0.0649. The van der Waals surface area contributed by atoms with Gasteiger partial charge in [0, 0.05) is 0 Å². The Bertz CT molecular complexity index is 70.8. The van der Waals surface area contributed by atoms with Gasteiger partial charge < -0.3 is 0 Å². The Balaban J connectivity index is 2.08. The summed E-state index contributed by atoms with van der Waals surface area (Å²) in [5.41, 5.74) is 0. The van der Waals surface area contributed by atoms with Crippen molar-refractivity contribution < 1.29 is 0 Å². The second-order valence-electron chi connectivity index (χ2n) is 2.96. The van der Waals surface area contributed by atoms with Crippen LogP contribution in [0.5, 0.6) is 0 Å². The first kappa shape index (κ1) is 6.19. The van der Waals surface area contributed by atoms with Crippen LogP contribution < -0.4 is 0 Å². The summed E-state index contributed by atoms with van der Waals surface area (Å²) in [6, 6.07) is 0. The molecule has 0 amide bonds. The van der Waals surface area contributed by atoms with Crippen LogP contribution in [0.3, 0.4) is 0 Å². The Labute approximate surface area is 52.9 Å². The molecule has 0 heterocycles. The first-order chi connectivity index (χ1) is 3.84. The molecule has 2 unspecified atom stereocenters. The van der Waals surface area contributed by atoms with E-state index >= 15 is 0 Å². The van der Waals surface area contributed by atoms with Gasteiger partial charge in [-0.05, 0) is 11.8 Å². The summed E-state index contributed by atoms with van der Waals surface area (Å²) in [7, 11) is 2.29. The van der Waals surface area contributed by atoms with E-state index in [0.29, 0.717) is 0 Å². The normalized spacial score (nSPS) is 36.2. The molecule has 1 rings (SSSR count). The number of hydrogen-bond acceptors (Lipinski definition) is 0. The molecular formula is C7H14B. The zero-order valence-corrected chi connectivity index (χ0v) is 5.85. The van der Waals surface area contributed by atoms with Gasteiger partial charge in [-0.15, -0.1) is 0 Å². The van der Waals surface area contributed by atoms with Gasteiger partial charge in [-0.25, -0.2) is 0 Å². The molecule has 0 aromatic rings. The molecule has 0 saturated heterocycles. The SMILES string of the molecule is C[B]CC1CCC1C. The Kier molecular flexibility index (Phi) is 1.98. The third kappa shape index (κ3) is 1.07. The van der Waals surface area contributed by atoms with E-state index in [9.17, 15) is 0 Å². The van der Waals surface area contributed by atoms with Crippen molar-refractivity contribution in [2.24, 2.45) is 11.8 Å². The van der Waals surface area contributed by atoms with Crippen LogP contribution in [0.1, 0.15) is 19.8 Å². The highest BCUT2D eigenvalue weighted by atomic mass is 14.3. The van der Waals surface area contributed by atoms with E-state index in [1.807, 2.05) is 0 Å². The van der Waals surface area contributed by atoms with Gasteiger partial charge >= 0.3 is 0 Å². The maximum absolute atomic E-state index is 2.36. The van der Waals surface area contributed by atoms with Crippen molar-refractivity contribution in [1.29, 1.82) is 0 Å². The maximum atomic E-state index is 2.36. The van der Waals surface area contributed by atoms with Crippen molar-refractivity contribution >= 4 is 7.28 Å². The predicted octanol–water partition coefficient (Wildman–Crippen LogP) is 2.20. The summed E-state index contributed by atoms with van der Waals surface area (Å²) < 4.78 is 0. The quantitative estimate of drug-likeness (QED) is 0.477. The average Bonchev–Trinajstić information content (AvgIpc) is 1.79. The smallest absolute Gasteiger partial charge is 0.0920 e. The van der Waals surface area contributed by atoms with E-state index in [2.05, 4.69) is 21.0 Å². The van der Waals surface area contributed by atoms with Crippen LogP contribution in [0.25, 0.3) is 0 Å². The summed E-state index contributed by atoms with van der Waals surface area (Å²) in [5.74, 6) is 2.06. The fourth-order valence-electron chi connectivity index (χ4n) is 1.39. The first-order valence-electron chi connectivity index (χ1n) is 3.62. The van der Waals surface area contributed by atoms with Gasteiger partial charge in [0.1, 0.15) is 7.28 Å². The van der Waals surface area contributed by atoms with Gasteiger partial charge in [0.15, 0.2) is 0 Å². The molecule has 0 aliphatic heterocycles. The molecule has 1 aliphatic carbocycles. The monoisotopic (exact) mass is 109 g/mol. The Morgan fingerprint density at radius 2 is 2.25 bits per heavy atom. The summed E-state index contributed by atoms with van der Waals surface area (Å²) in [5, 5.41) is 0. The molecule has 0 nitrogen and oxygen atoms in total. The topological polar surface area (TPSA) is 0 Å². The van der Waals surface area contributed by atoms with Gasteiger partial charge in [-0.2, -0.15) is 0 Å². The van der Waals surface area contributed by atoms with Gasteiger partial charge in [-0.3, -0.25) is 0 Å². The van der Waals surface area contributed by atoms with Gasteiger partial charge in [0.2, 0.25) is 0 Å². The van der Waals surface area contributed by atoms with Crippen LogP contribution in [0, 0.1) is 11.8 Å². The van der Waals surface area contributed by atoms with E-state index in [1.165, 1.54) is 19.2 Å². The molecule has 8 heavy (non-hydrogen) atoms.